The lowest BCUT2D eigenvalue weighted by molar-refractivity contribution is -0.127. The minimum atomic E-state index is 0.0312. The molecule has 1 fully saturated rings. The van der Waals surface area contributed by atoms with Gasteiger partial charge in [-0.3, -0.25) is 9.79 Å². The number of likely N-dealkylation sites (N-methyl/N-ethyl adjacent to an activating group) is 1. The second-order valence-corrected chi connectivity index (χ2v) is 6.08. The highest BCUT2D eigenvalue weighted by Crippen LogP contribution is 2.20. The fraction of sp³-hybridized carbons (Fsp3) is 0.500. The lowest BCUT2D eigenvalue weighted by Gasteiger charge is -2.37. The quantitative estimate of drug-likeness (QED) is 0.663. The zero-order chi connectivity index (χ0) is 16.8. The minimum Gasteiger partial charge on any atom is -0.368 e. The van der Waals surface area contributed by atoms with Gasteiger partial charge < -0.3 is 20.0 Å². The van der Waals surface area contributed by atoms with Crippen molar-refractivity contribution < 1.29 is 4.79 Å². The Hall–Kier alpha value is -1.95. The van der Waals surface area contributed by atoms with Crippen LogP contribution < -0.4 is 10.2 Å². The van der Waals surface area contributed by atoms with Gasteiger partial charge in [-0.05, 0) is 18.2 Å². The molecule has 0 aliphatic carbocycles. The van der Waals surface area contributed by atoms with Crippen molar-refractivity contribution in [1.29, 1.82) is 0 Å². The highest BCUT2D eigenvalue weighted by atomic mass is 35.5. The zero-order valence-electron chi connectivity index (χ0n) is 13.9. The molecule has 7 heteroatoms. The summed E-state index contributed by atoms with van der Waals surface area (Å²) in [6, 6.07) is 7.91. The van der Waals surface area contributed by atoms with Crippen LogP contribution in [0.5, 0.6) is 0 Å². The molecule has 0 atom stereocenters. The van der Waals surface area contributed by atoms with E-state index in [0.29, 0.717) is 0 Å². The van der Waals surface area contributed by atoms with Crippen LogP contribution in [0.25, 0.3) is 0 Å². The lowest BCUT2D eigenvalue weighted by Crippen LogP contribution is -2.53. The summed E-state index contributed by atoms with van der Waals surface area (Å²) < 4.78 is 0. The molecular formula is C16H24ClN5O. The summed E-state index contributed by atoms with van der Waals surface area (Å²) in [6.45, 7) is 3.74. The average molecular weight is 338 g/mol. The number of hydrogen-bond donors (Lipinski definition) is 1. The number of carbonyl (C=O) groups is 1. The van der Waals surface area contributed by atoms with Gasteiger partial charge in [0.25, 0.3) is 0 Å². The van der Waals surface area contributed by atoms with E-state index in [9.17, 15) is 4.79 Å². The Labute approximate surface area is 142 Å². The van der Waals surface area contributed by atoms with Crippen LogP contribution in [-0.4, -0.2) is 75.5 Å². The molecule has 23 heavy (non-hydrogen) atoms. The predicted octanol–water partition coefficient (Wildman–Crippen LogP) is 1.13. The van der Waals surface area contributed by atoms with E-state index in [1.165, 1.54) is 0 Å². The Morgan fingerprint density at radius 2 is 2.00 bits per heavy atom. The maximum atomic E-state index is 11.7. The summed E-state index contributed by atoms with van der Waals surface area (Å²) >= 11 is 6.06. The predicted molar refractivity (Wildman–Crippen MR) is 95.3 cm³/mol. The van der Waals surface area contributed by atoms with Crippen LogP contribution >= 0.6 is 11.6 Å². The Bertz CT molecular complexity index is 567. The number of carbonyl (C=O) groups excluding carboxylic acids is 1. The van der Waals surface area contributed by atoms with Crippen molar-refractivity contribution in [3.8, 4) is 0 Å². The standard InChI is InChI=1S/C16H24ClN5O/c1-18-16(19-12-15(23)20(2)3)22-9-7-21(8-10-22)14-6-4-5-13(17)11-14/h4-6,11H,7-10,12H2,1-3H3,(H,18,19). The van der Waals surface area contributed by atoms with Crippen LogP contribution in [-0.2, 0) is 4.79 Å². The topological polar surface area (TPSA) is 51.2 Å². The van der Waals surface area contributed by atoms with Gasteiger partial charge in [-0.25, -0.2) is 0 Å². The number of anilines is 1. The van der Waals surface area contributed by atoms with Gasteiger partial charge in [0.1, 0.15) is 0 Å². The van der Waals surface area contributed by atoms with E-state index < -0.39 is 0 Å². The molecule has 1 aliphatic heterocycles. The molecule has 2 rings (SSSR count). The molecule has 0 unspecified atom stereocenters. The first-order chi connectivity index (χ1) is 11.0. The zero-order valence-corrected chi connectivity index (χ0v) is 14.7. The minimum absolute atomic E-state index is 0.0312. The molecule has 1 aromatic rings. The van der Waals surface area contributed by atoms with Crippen LogP contribution in [0.4, 0.5) is 5.69 Å². The molecule has 1 aromatic carbocycles. The average Bonchev–Trinajstić information content (AvgIpc) is 2.55. The first-order valence-electron chi connectivity index (χ1n) is 7.67. The van der Waals surface area contributed by atoms with Gasteiger partial charge in [0.05, 0.1) is 6.54 Å². The van der Waals surface area contributed by atoms with Crippen LogP contribution in [0.15, 0.2) is 29.3 Å². The van der Waals surface area contributed by atoms with Gasteiger partial charge in [0.15, 0.2) is 5.96 Å². The monoisotopic (exact) mass is 337 g/mol. The number of aliphatic imine (C=N–C) groups is 1. The Kier molecular flexibility index (Phi) is 6.10. The molecule has 6 nitrogen and oxygen atoms in total. The number of halogens is 1. The van der Waals surface area contributed by atoms with E-state index in [1.54, 1.807) is 26.0 Å². The maximum Gasteiger partial charge on any atom is 0.241 e. The molecule has 0 saturated carbocycles. The Morgan fingerprint density at radius 3 is 2.57 bits per heavy atom. The first kappa shape index (κ1) is 17.4. The van der Waals surface area contributed by atoms with Crippen molar-refractivity contribution in [3.63, 3.8) is 0 Å². The Balaban J connectivity index is 1.88. The molecule has 0 bridgehead atoms. The van der Waals surface area contributed by atoms with E-state index in [1.807, 2.05) is 18.2 Å². The van der Waals surface area contributed by atoms with Gasteiger partial charge in [0, 0.05) is 58.0 Å². The molecule has 1 amide bonds. The van der Waals surface area contributed by atoms with E-state index in [2.05, 4.69) is 26.2 Å². The van der Waals surface area contributed by atoms with E-state index in [-0.39, 0.29) is 12.5 Å². The highest BCUT2D eigenvalue weighted by Gasteiger charge is 2.20. The van der Waals surface area contributed by atoms with Crippen molar-refractivity contribution in [2.75, 3.05) is 58.8 Å². The number of nitrogens with zero attached hydrogens (tertiary/aromatic N) is 4. The van der Waals surface area contributed by atoms with Crippen LogP contribution in [0, 0.1) is 0 Å². The SMILES string of the molecule is CN=C(NCC(=O)N(C)C)N1CCN(c2cccc(Cl)c2)CC1. The first-order valence-corrected chi connectivity index (χ1v) is 8.05. The van der Waals surface area contributed by atoms with Crippen molar-refractivity contribution in [2.45, 2.75) is 0 Å². The van der Waals surface area contributed by atoms with E-state index in [4.69, 9.17) is 11.6 Å². The molecular weight excluding hydrogens is 314 g/mol. The van der Waals surface area contributed by atoms with Gasteiger partial charge >= 0.3 is 0 Å². The number of rotatable bonds is 3. The summed E-state index contributed by atoms with van der Waals surface area (Å²) in [6.07, 6.45) is 0. The lowest BCUT2D eigenvalue weighted by atomic mass is 10.2. The smallest absolute Gasteiger partial charge is 0.241 e. The van der Waals surface area contributed by atoms with Crippen molar-refractivity contribution in [1.82, 2.24) is 15.1 Å². The van der Waals surface area contributed by atoms with Gasteiger partial charge in [-0.2, -0.15) is 0 Å². The van der Waals surface area contributed by atoms with Crippen molar-refractivity contribution in [2.24, 2.45) is 4.99 Å². The van der Waals surface area contributed by atoms with Crippen molar-refractivity contribution >= 4 is 29.2 Å². The summed E-state index contributed by atoms with van der Waals surface area (Å²) in [5, 5.41) is 3.88. The molecule has 1 heterocycles. The maximum absolute atomic E-state index is 11.7. The summed E-state index contributed by atoms with van der Waals surface area (Å²) in [5.41, 5.74) is 1.14. The third-order valence-corrected chi connectivity index (χ3v) is 4.10. The second-order valence-electron chi connectivity index (χ2n) is 5.64. The van der Waals surface area contributed by atoms with Gasteiger partial charge in [0.2, 0.25) is 5.91 Å². The van der Waals surface area contributed by atoms with Crippen molar-refractivity contribution in [3.05, 3.63) is 29.3 Å². The number of guanidine groups is 1. The molecule has 0 spiro atoms. The number of amides is 1. The van der Waals surface area contributed by atoms with Crippen LogP contribution in [0.3, 0.4) is 0 Å². The van der Waals surface area contributed by atoms with Gasteiger partial charge in [-0.15, -0.1) is 0 Å². The molecule has 0 radical (unpaired) electrons. The highest BCUT2D eigenvalue weighted by molar-refractivity contribution is 6.30. The number of benzene rings is 1. The normalized spacial score (nSPS) is 15.6. The van der Waals surface area contributed by atoms with E-state index >= 15 is 0 Å². The fourth-order valence-electron chi connectivity index (χ4n) is 2.49. The van der Waals surface area contributed by atoms with Crippen LogP contribution in [0.1, 0.15) is 0 Å². The Morgan fingerprint density at radius 1 is 1.30 bits per heavy atom. The third-order valence-electron chi connectivity index (χ3n) is 3.86. The third kappa shape index (κ3) is 4.76. The number of hydrogen-bond acceptors (Lipinski definition) is 3. The number of nitrogens with one attached hydrogen (secondary N) is 1. The van der Waals surface area contributed by atoms with Crippen LogP contribution in [0.2, 0.25) is 5.02 Å². The molecule has 1 aliphatic rings. The fourth-order valence-corrected chi connectivity index (χ4v) is 2.68. The molecule has 126 valence electrons. The van der Waals surface area contributed by atoms with Gasteiger partial charge in [-0.1, -0.05) is 17.7 Å². The summed E-state index contributed by atoms with van der Waals surface area (Å²) in [4.78, 5) is 22.0. The molecule has 0 aromatic heterocycles. The summed E-state index contributed by atoms with van der Waals surface area (Å²) in [7, 11) is 5.24. The van der Waals surface area contributed by atoms with E-state index in [0.717, 1.165) is 42.8 Å². The molecule has 1 saturated heterocycles. The second kappa shape index (κ2) is 8.06. The summed E-state index contributed by atoms with van der Waals surface area (Å²) in [5.74, 6) is 0.801. The molecule has 1 N–H and O–H groups in total. The number of piperazine rings is 1. The largest absolute Gasteiger partial charge is 0.368 e.